The van der Waals surface area contributed by atoms with Gasteiger partial charge in [0.25, 0.3) is 0 Å². The van der Waals surface area contributed by atoms with Gasteiger partial charge in [-0.2, -0.15) is 0 Å². The van der Waals surface area contributed by atoms with Gasteiger partial charge in [-0.15, -0.1) is 0 Å². The molecule has 0 spiro atoms. The van der Waals surface area contributed by atoms with Crippen LogP contribution >= 0.6 is 0 Å². The molecule has 2 aliphatic heterocycles. The number of hydrogen-bond donors (Lipinski definition) is 2. The second-order valence-electron chi connectivity index (χ2n) is 11.7. The molecular weight excluding hydrogens is 453 g/mol. The van der Waals surface area contributed by atoms with Gasteiger partial charge in [0.15, 0.2) is 0 Å². The van der Waals surface area contributed by atoms with Gasteiger partial charge >= 0.3 is 0 Å². The highest BCUT2D eigenvalue weighted by Gasteiger charge is 2.63. The number of alkyl halides is 1. The Bertz CT molecular complexity index is 1240. The van der Waals surface area contributed by atoms with E-state index in [1.165, 1.54) is 47.0 Å². The lowest BCUT2D eigenvalue weighted by Crippen LogP contribution is -2.71. The summed E-state index contributed by atoms with van der Waals surface area (Å²) in [4.78, 5) is 8.73. The molecule has 3 aliphatic carbocycles. The smallest absolute Gasteiger partial charge is 0.138 e. The number of hydrogen-bond acceptors (Lipinski definition) is 4. The van der Waals surface area contributed by atoms with Crippen molar-refractivity contribution in [3.05, 3.63) is 65.4 Å². The van der Waals surface area contributed by atoms with E-state index in [0.29, 0.717) is 37.6 Å². The van der Waals surface area contributed by atoms with E-state index in [1.54, 1.807) is 0 Å². The lowest BCUT2D eigenvalue weighted by atomic mass is 9.48. The average Bonchev–Trinajstić information content (AvgIpc) is 3.36. The summed E-state index contributed by atoms with van der Waals surface area (Å²) in [6.45, 7) is 3.93. The van der Waals surface area contributed by atoms with E-state index in [-0.39, 0.29) is 18.8 Å². The summed E-state index contributed by atoms with van der Waals surface area (Å²) in [5, 5.41) is 11.8. The molecule has 4 fully saturated rings. The minimum absolute atomic E-state index is 0.208. The number of benzene rings is 2. The van der Waals surface area contributed by atoms with Gasteiger partial charge in [0.1, 0.15) is 18.0 Å². The third-order valence-corrected chi connectivity index (χ3v) is 9.33. The topological polar surface area (TPSA) is 51.7 Å². The van der Waals surface area contributed by atoms with Crippen LogP contribution in [0.5, 0.6) is 5.75 Å². The Morgan fingerprint density at radius 3 is 2.58 bits per heavy atom. The predicted octanol–water partition coefficient (Wildman–Crippen LogP) is 4.84. The molecule has 8 rings (SSSR count). The fraction of sp³-hybridized carbons (Fsp3) is 0.533. The van der Waals surface area contributed by atoms with Crippen molar-refractivity contribution in [1.29, 1.82) is 0 Å². The molecule has 4 atom stereocenters. The molecule has 5 aliphatic rings. The number of rotatable bonds is 7. The Hall–Kier alpha value is -2.41. The number of likely N-dealkylation sites (tertiary alicyclic amines) is 1. The van der Waals surface area contributed by atoms with E-state index in [4.69, 9.17) is 4.74 Å². The average molecular weight is 490 g/mol. The number of aromatic amines is 1. The summed E-state index contributed by atoms with van der Waals surface area (Å²) < 4.78 is 18.8. The lowest BCUT2D eigenvalue weighted by molar-refractivity contribution is -0.174. The molecule has 3 heterocycles. The number of halogens is 1. The summed E-state index contributed by atoms with van der Waals surface area (Å²) >= 11 is 0. The number of para-hydroxylation sites is 1. The zero-order chi connectivity index (χ0) is 24.4. The molecule has 6 heteroatoms. The van der Waals surface area contributed by atoms with Crippen LogP contribution in [0.4, 0.5) is 4.39 Å². The first-order valence-corrected chi connectivity index (χ1v) is 13.7. The van der Waals surface area contributed by atoms with Crippen LogP contribution in [0.3, 0.4) is 0 Å². The number of aliphatic hydroxyl groups excluding tert-OH is 1. The van der Waals surface area contributed by atoms with Crippen molar-refractivity contribution in [1.82, 2.24) is 14.8 Å². The van der Waals surface area contributed by atoms with Gasteiger partial charge in [0, 0.05) is 47.8 Å². The number of nitrogens with zero attached hydrogens (tertiary/aromatic N) is 2. The summed E-state index contributed by atoms with van der Waals surface area (Å²) in [6, 6.07) is 18.0. The molecular formula is C30H36FN3O2. The van der Waals surface area contributed by atoms with E-state index in [2.05, 4.69) is 70.2 Å². The maximum Gasteiger partial charge on any atom is 0.138 e. The first-order valence-electron chi connectivity index (χ1n) is 13.7. The largest absolute Gasteiger partial charge is 0.486 e. The van der Waals surface area contributed by atoms with E-state index in [1.807, 2.05) is 0 Å². The minimum Gasteiger partial charge on any atom is -0.486 e. The molecule has 2 aromatic carbocycles. The summed E-state index contributed by atoms with van der Waals surface area (Å²) in [5.74, 6) is 1.72. The van der Waals surface area contributed by atoms with E-state index in [0.717, 1.165) is 18.1 Å². The predicted molar refractivity (Wildman–Crippen MR) is 139 cm³/mol. The van der Waals surface area contributed by atoms with Crippen LogP contribution < -0.4 is 4.74 Å². The van der Waals surface area contributed by atoms with Gasteiger partial charge in [-0.25, -0.2) is 0 Å². The van der Waals surface area contributed by atoms with Gasteiger partial charge in [-0.05, 0) is 74.3 Å². The molecule has 190 valence electrons. The number of nitrogens with one attached hydrogen (secondary N) is 1. The van der Waals surface area contributed by atoms with Crippen LogP contribution in [0, 0.1) is 5.92 Å². The van der Waals surface area contributed by atoms with Gasteiger partial charge < -0.3 is 14.8 Å². The van der Waals surface area contributed by atoms with E-state index in [9.17, 15) is 9.50 Å². The Labute approximate surface area is 212 Å². The molecule has 1 saturated heterocycles. The fourth-order valence-electron chi connectivity index (χ4n) is 7.60. The molecule has 0 amide bonds. The van der Waals surface area contributed by atoms with Crippen molar-refractivity contribution >= 4 is 10.9 Å². The number of H-pyrrole nitrogens is 1. The zero-order valence-electron chi connectivity index (χ0n) is 21.0. The summed E-state index contributed by atoms with van der Waals surface area (Å²) in [7, 11) is 0. The second kappa shape index (κ2) is 8.57. The number of aliphatic hydroxyl groups is 1. The maximum atomic E-state index is 12.6. The van der Waals surface area contributed by atoms with Crippen molar-refractivity contribution in [2.24, 2.45) is 5.92 Å². The first kappa shape index (κ1) is 22.8. The number of β-amino-alcohol motifs (C(OH)–C–C–N with tert-alkyl or cyclic N) is 1. The molecule has 0 radical (unpaired) electrons. The molecule has 2 N–H and O–H groups in total. The summed E-state index contributed by atoms with van der Waals surface area (Å²) in [6.07, 6.45) is 4.78. The van der Waals surface area contributed by atoms with Crippen LogP contribution in [0.1, 0.15) is 55.5 Å². The van der Waals surface area contributed by atoms with Crippen LogP contribution in [0.25, 0.3) is 10.9 Å². The molecule has 1 aromatic heterocycles. The van der Waals surface area contributed by atoms with Gasteiger partial charge in [-0.3, -0.25) is 14.2 Å². The van der Waals surface area contributed by atoms with Crippen molar-refractivity contribution in [3.8, 4) is 5.75 Å². The fourth-order valence-corrected chi connectivity index (χ4v) is 7.60. The molecule has 2 bridgehead atoms. The van der Waals surface area contributed by atoms with Crippen LogP contribution in [-0.2, 0) is 6.42 Å². The summed E-state index contributed by atoms with van der Waals surface area (Å²) in [5.41, 5.74) is 5.70. The molecule has 5 nitrogen and oxygen atoms in total. The quantitative estimate of drug-likeness (QED) is 0.499. The number of ether oxygens (including phenoxy) is 1. The minimum atomic E-state index is -0.544. The second-order valence-corrected chi connectivity index (χ2v) is 11.7. The van der Waals surface area contributed by atoms with Crippen LogP contribution in [0.15, 0.2) is 48.5 Å². The third-order valence-electron chi connectivity index (χ3n) is 9.33. The maximum absolute atomic E-state index is 12.6. The molecule has 0 unspecified atom stereocenters. The van der Waals surface area contributed by atoms with E-state index < -0.39 is 6.10 Å². The zero-order valence-corrected chi connectivity index (χ0v) is 21.0. The Kier molecular flexibility index (Phi) is 5.42. The SMILES string of the molecule is C[C@@H]1Cc2c([nH]c3ccccc23)[C@@H](c2ccc(O[C@H]3CN(CCCF)C[C@@H]3O)cc2)N1C12CC(C1)C2. The Balaban J connectivity index is 1.18. The first-order chi connectivity index (χ1) is 17.5. The highest BCUT2D eigenvalue weighted by atomic mass is 19.1. The molecule has 36 heavy (non-hydrogen) atoms. The van der Waals surface area contributed by atoms with Crippen molar-refractivity contribution in [2.75, 3.05) is 26.3 Å². The highest BCUT2D eigenvalue weighted by molar-refractivity contribution is 5.85. The lowest BCUT2D eigenvalue weighted by Gasteiger charge is -2.70. The van der Waals surface area contributed by atoms with Crippen molar-refractivity contribution in [2.45, 2.75) is 68.9 Å². The Morgan fingerprint density at radius 1 is 1.08 bits per heavy atom. The Morgan fingerprint density at radius 2 is 1.86 bits per heavy atom. The number of aromatic nitrogens is 1. The van der Waals surface area contributed by atoms with Crippen LogP contribution in [0.2, 0.25) is 0 Å². The normalized spacial score (nSPS) is 33.8. The third kappa shape index (κ3) is 3.52. The van der Waals surface area contributed by atoms with Crippen LogP contribution in [-0.4, -0.2) is 70.0 Å². The van der Waals surface area contributed by atoms with Gasteiger partial charge in [-0.1, -0.05) is 30.3 Å². The highest BCUT2D eigenvalue weighted by Crippen LogP contribution is 2.64. The number of fused-ring (bicyclic) bond motifs is 3. The standard InChI is InChI=1S/C30H36FN3O2/c1-19-13-24-23-5-2-3-6-25(23)32-28(24)29(34(19)30-14-20(15-30)16-30)21-7-9-22(10-8-21)36-27-18-33(12-4-11-31)17-26(27)35/h2-3,5-10,19-20,26-27,29,32,35H,4,11-18H2,1H3/t19-,20?,26+,27+,29-,30?/m1/s1. The van der Waals surface area contributed by atoms with Crippen molar-refractivity contribution < 1.29 is 14.2 Å². The monoisotopic (exact) mass is 489 g/mol. The molecule has 3 aromatic rings. The van der Waals surface area contributed by atoms with E-state index >= 15 is 0 Å². The van der Waals surface area contributed by atoms with Gasteiger partial charge in [0.05, 0.1) is 12.7 Å². The van der Waals surface area contributed by atoms with Gasteiger partial charge in [0.2, 0.25) is 0 Å². The molecule has 3 saturated carbocycles. The van der Waals surface area contributed by atoms with Crippen molar-refractivity contribution in [3.63, 3.8) is 0 Å².